The molecule has 0 radical (unpaired) electrons. The normalized spacial score (nSPS) is 12.6. The van der Waals surface area contributed by atoms with Gasteiger partial charge in [0.05, 0.1) is 12.3 Å². The van der Waals surface area contributed by atoms with E-state index in [4.69, 9.17) is 10.5 Å². The van der Waals surface area contributed by atoms with Gasteiger partial charge in [0.15, 0.2) is 0 Å². The highest BCUT2D eigenvalue weighted by Crippen LogP contribution is 2.15. The summed E-state index contributed by atoms with van der Waals surface area (Å²) in [6, 6.07) is 3.32. The molecule has 102 valence electrons. The topological polar surface area (TPSA) is 69.6 Å². The number of fused-ring (bicyclic) bond motifs is 1. The fourth-order valence-corrected chi connectivity index (χ4v) is 2.10. The maximum Gasteiger partial charge on any atom is 0.323 e. The van der Waals surface area contributed by atoms with Gasteiger partial charge in [0.2, 0.25) is 0 Å². The molecule has 0 bridgehead atoms. The van der Waals surface area contributed by atoms with Gasteiger partial charge in [0, 0.05) is 18.3 Å². The molecule has 0 saturated heterocycles. The van der Waals surface area contributed by atoms with Crippen LogP contribution in [-0.4, -0.2) is 28.0 Å². The third-order valence-corrected chi connectivity index (χ3v) is 3.07. The summed E-state index contributed by atoms with van der Waals surface area (Å²) in [4.78, 5) is 16.1. The average molecular weight is 261 g/mol. The Morgan fingerprint density at radius 1 is 1.47 bits per heavy atom. The van der Waals surface area contributed by atoms with E-state index in [1.807, 2.05) is 36.6 Å². The Bertz CT molecular complexity index is 604. The van der Waals surface area contributed by atoms with Crippen LogP contribution in [0.2, 0.25) is 0 Å². The van der Waals surface area contributed by atoms with E-state index in [0.29, 0.717) is 13.0 Å². The van der Waals surface area contributed by atoms with Crippen LogP contribution in [0.25, 0.3) is 5.65 Å². The van der Waals surface area contributed by atoms with Crippen molar-refractivity contribution in [3.8, 4) is 0 Å². The van der Waals surface area contributed by atoms with Gasteiger partial charge in [-0.2, -0.15) is 0 Å². The van der Waals surface area contributed by atoms with Crippen molar-refractivity contribution in [2.75, 3.05) is 6.61 Å². The predicted molar refractivity (Wildman–Crippen MR) is 73.0 cm³/mol. The number of pyridine rings is 1. The molecule has 0 aliphatic carbocycles. The Balaban J connectivity index is 2.31. The fourth-order valence-electron chi connectivity index (χ4n) is 2.10. The Labute approximate surface area is 112 Å². The number of hydrogen-bond acceptors (Lipinski definition) is 4. The van der Waals surface area contributed by atoms with Crippen molar-refractivity contribution in [2.45, 2.75) is 33.2 Å². The molecule has 5 nitrogen and oxygen atoms in total. The van der Waals surface area contributed by atoms with Crippen LogP contribution in [0.5, 0.6) is 0 Å². The van der Waals surface area contributed by atoms with E-state index in [1.54, 1.807) is 6.92 Å². The van der Waals surface area contributed by atoms with E-state index in [9.17, 15) is 4.79 Å². The lowest BCUT2D eigenvalue weighted by atomic mass is 10.1. The lowest BCUT2D eigenvalue weighted by molar-refractivity contribution is -0.144. The molecule has 2 aromatic heterocycles. The minimum atomic E-state index is -0.654. The second-order valence-corrected chi connectivity index (χ2v) is 4.64. The third-order valence-electron chi connectivity index (χ3n) is 3.07. The van der Waals surface area contributed by atoms with Crippen LogP contribution in [0.1, 0.15) is 23.9 Å². The summed E-state index contributed by atoms with van der Waals surface area (Å²) in [5.74, 6) is -0.371. The van der Waals surface area contributed by atoms with Crippen molar-refractivity contribution in [1.29, 1.82) is 0 Å². The van der Waals surface area contributed by atoms with Gasteiger partial charge in [-0.15, -0.1) is 0 Å². The van der Waals surface area contributed by atoms with Crippen molar-refractivity contribution in [3.05, 3.63) is 35.3 Å². The quantitative estimate of drug-likeness (QED) is 0.844. The first-order valence-electron chi connectivity index (χ1n) is 6.39. The van der Waals surface area contributed by atoms with Crippen LogP contribution in [-0.2, 0) is 16.0 Å². The number of nitrogens with two attached hydrogens (primary N) is 1. The molecular formula is C14H19N3O2. The number of hydrogen-bond donors (Lipinski definition) is 1. The van der Waals surface area contributed by atoms with Crippen molar-refractivity contribution in [3.63, 3.8) is 0 Å². The van der Waals surface area contributed by atoms with Gasteiger partial charge in [-0.3, -0.25) is 4.79 Å². The molecule has 0 fully saturated rings. The zero-order chi connectivity index (χ0) is 14.0. The van der Waals surface area contributed by atoms with Crippen molar-refractivity contribution < 1.29 is 9.53 Å². The standard InChI is InChI=1S/C14H19N3O2/c1-4-19-14(18)11(15)7-12-10(3)16-13-6-5-9(2)8-17(12)13/h5-6,8,11H,4,7,15H2,1-3H3. The summed E-state index contributed by atoms with van der Waals surface area (Å²) < 4.78 is 6.92. The lowest BCUT2D eigenvalue weighted by Crippen LogP contribution is -2.35. The van der Waals surface area contributed by atoms with Crippen molar-refractivity contribution in [2.24, 2.45) is 5.73 Å². The molecule has 0 aromatic carbocycles. The number of esters is 1. The van der Waals surface area contributed by atoms with Gasteiger partial charge in [0.25, 0.3) is 0 Å². The minimum Gasteiger partial charge on any atom is -0.465 e. The highest BCUT2D eigenvalue weighted by molar-refractivity contribution is 5.75. The number of aryl methyl sites for hydroxylation is 2. The molecule has 0 spiro atoms. The molecule has 0 aliphatic rings. The largest absolute Gasteiger partial charge is 0.465 e. The molecule has 2 N–H and O–H groups in total. The van der Waals surface area contributed by atoms with E-state index in [-0.39, 0.29) is 5.97 Å². The predicted octanol–water partition coefficient (Wildman–Crippen LogP) is 1.38. The van der Waals surface area contributed by atoms with Gasteiger partial charge < -0.3 is 14.9 Å². The summed E-state index contributed by atoms with van der Waals surface area (Å²) in [5, 5.41) is 0. The summed E-state index contributed by atoms with van der Waals surface area (Å²) in [7, 11) is 0. The first kappa shape index (κ1) is 13.5. The van der Waals surface area contributed by atoms with Gasteiger partial charge in [0.1, 0.15) is 11.7 Å². The van der Waals surface area contributed by atoms with Crippen molar-refractivity contribution in [1.82, 2.24) is 9.38 Å². The SMILES string of the molecule is CCOC(=O)C(N)Cc1c(C)nc2ccc(C)cn12. The van der Waals surface area contributed by atoms with Gasteiger partial charge in [-0.25, -0.2) is 4.98 Å². The van der Waals surface area contributed by atoms with Crippen LogP contribution in [0.15, 0.2) is 18.3 Å². The van der Waals surface area contributed by atoms with Crippen molar-refractivity contribution >= 4 is 11.6 Å². The Hall–Kier alpha value is -1.88. The Morgan fingerprint density at radius 2 is 2.21 bits per heavy atom. The fraction of sp³-hybridized carbons (Fsp3) is 0.429. The summed E-state index contributed by atoms with van der Waals surface area (Å²) in [6.45, 7) is 6.06. The number of aromatic nitrogens is 2. The van der Waals surface area contributed by atoms with E-state index in [2.05, 4.69) is 4.98 Å². The smallest absolute Gasteiger partial charge is 0.323 e. The van der Waals surface area contributed by atoms with Gasteiger partial charge in [-0.05, 0) is 32.4 Å². The highest BCUT2D eigenvalue weighted by atomic mass is 16.5. The van der Waals surface area contributed by atoms with E-state index in [0.717, 1.165) is 22.6 Å². The monoisotopic (exact) mass is 261 g/mol. The van der Waals surface area contributed by atoms with Gasteiger partial charge >= 0.3 is 5.97 Å². The first-order chi connectivity index (χ1) is 9.02. The molecule has 0 aliphatic heterocycles. The number of carbonyl (C=O) groups excluding carboxylic acids is 1. The molecule has 2 heterocycles. The first-order valence-corrected chi connectivity index (χ1v) is 6.39. The van der Waals surface area contributed by atoms with Gasteiger partial charge in [-0.1, -0.05) is 6.07 Å². The zero-order valence-corrected chi connectivity index (χ0v) is 11.5. The van der Waals surface area contributed by atoms with Crippen LogP contribution >= 0.6 is 0 Å². The molecule has 2 rings (SSSR count). The molecule has 1 unspecified atom stereocenters. The number of carbonyl (C=O) groups is 1. The van der Waals surface area contributed by atoms with Crippen LogP contribution in [0.3, 0.4) is 0 Å². The second kappa shape index (κ2) is 5.40. The van der Waals surface area contributed by atoms with Crippen LogP contribution in [0.4, 0.5) is 0 Å². The molecule has 1 atom stereocenters. The number of rotatable bonds is 4. The highest BCUT2D eigenvalue weighted by Gasteiger charge is 2.19. The molecule has 0 saturated carbocycles. The Morgan fingerprint density at radius 3 is 2.89 bits per heavy atom. The molecule has 5 heteroatoms. The molecule has 0 amide bonds. The second-order valence-electron chi connectivity index (χ2n) is 4.64. The molecule has 19 heavy (non-hydrogen) atoms. The number of ether oxygens (including phenoxy) is 1. The minimum absolute atomic E-state index is 0.345. The van der Waals surface area contributed by atoms with E-state index >= 15 is 0 Å². The van der Waals surface area contributed by atoms with Crippen LogP contribution in [0, 0.1) is 13.8 Å². The zero-order valence-electron chi connectivity index (χ0n) is 11.5. The summed E-state index contributed by atoms with van der Waals surface area (Å²) >= 11 is 0. The summed E-state index contributed by atoms with van der Waals surface area (Å²) in [6.07, 6.45) is 2.43. The Kier molecular flexibility index (Phi) is 3.85. The third kappa shape index (κ3) is 2.76. The maximum atomic E-state index is 11.6. The number of nitrogens with zero attached hydrogens (tertiary/aromatic N) is 2. The maximum absolute atomic E-state index is 11.6. The van der Waals surface area contributed by atoms with Crippen LogP contribution < -0.4 is 5.73 Å². The summed E-state index contributed by atoms with van der Waals surface area (Å²) in [5.41, 5.74) is 9.73. The molecule has 2 aromatic rings. The number of imidazole rings is 1. The molecular weight excluding hydrogens is 242 g/mol. The lowest BCUT2D eigenvalue weighted by Gasteiger charge is -2.11. The van der Waals surface area contributed by atoms with E-state index in [1.165, 1.54) is 0 Å². The van der Waals surface area contributed by atoms with E-state index < -0.39 is 6.04 Å². The average Bonchev–Trinajstić information content (AvgIpc) is 2.66.